The summed E-state index contributed by atoms with van der Waals surface area (Å²) in [6.07, 6.45) is 0.780. The molecule has 5 nitrogen and oxygen atoms in total. The van der Waals surface area contributed by atoms with Gasteiger partial charge in [0.25, 0.3) is 11.7 Å². The van der Waals surface area contributed by atoms with E-state index in [4.69, 9.17) is 16.3 Å². The number of amides is 1. The van der Waals surface area contributed by atoms with E-state index in [2.05, 4.69) is 0 Å². The lowest BCUT2D eigenvalue weighted by molar-refractivity contribution is -0.140. The third kappa shape index (κ3) is 3.89. The molecule has 1 N–H and O–H groups in total. The Morgan fingerprint density at radius 3 is 2.52 bits per heavy atom. The molecule has 1 amide bonds. The zero-order valence-electron chi connectivity index (χ0n) is 18.0. The molecule has 0 bridgehead atoms. The van der Waals surface area contributed by atoms with Crippen molar-refractivity contribution in [2.75, 3.05) is 0 Å². The first-order valence-corrected chi connectivity index (χ1v) is 11.2. The molecule has 0 aliphatic carbocycles. The van der Waals surface area contributed by atoms with Crippen molar-refractivity contribution in [2.24, 2.45) is 0 Å². The molecule has 0 saturated carbocycles. The van der Waals surface area contributed by atoms with Gasteiger partial charge < -0.3 is 14.7 Å². The van der Waals surface area contributed by atoms with Crippen molar-refractivity contribution in [3.05, 3.63) is 106 Å². The van der Waals surface area contributed by atoms with Gasteiger partial charge in [0.2, 0.25) is 0 Å². The minimum Gasteiger partial charge on any atom is -0.507 e. The smallest absolute Gasteiger partial charge is 0.295 e. The number of nitrogens with zero attached hydrogens (tertiary/aromatic N) is 1. The molecule has 2 heterocycles. The monoisotopic (exact) mass is 459 g/mol. The molecule has 6 heteroatoms. The van der Waals surface area contributed by atoms with E-state index in [1.807, 2.05) is 43.3 Å². The van der Waals surface area contributed by atoms with Crippen LogP contribution in [0.15, 0.2) is 78.4 Å². The van der Waals surface area contributed by atoms with Gasteiger partial charge in [0.1, 0.15) is 17.6 Å². The Bertz CT molecular complexity index is 1270. The van der Waals surface area contributed by atoms with Gasteiger partial charge in [-0.1, -0.05) is 54.1 Å². The van der Waals surface area contributed by atoms with E-state index in [1.54, 1.807) is 36.4 Å². The van der Waals surface area contributed by atoms with E-state index < -0.39 is 17.7 Å². The second-order valence-electron chi connectivity index (χ2n) is 8.42. The van der Waals surface area contributed by atoms with Gasteiger partial charge in [0, 0.05) is 23.6 Å². The minimum atomic E-state index is -0.731. The second-order valence-corrected chi connectivity index (χ2v) is 8.86. The largest absolute Gasteiger partial charge is 0.507 e. The number of rotatable bonds is 4. The van der Waals surface area contributed by atoms with E-state index in [-0.39, 0.29) is 24.0 Å². The van der Waals surface area contributed by atoms with Crippen LogP contribution in [0.5, 0.6) is 5.75 Å². The van der Waals surface area contributed by atoms with Gasteiger partial charge in [-0.05, 0) is 53.9 Å². The molecule has 2 aliphatic rings. The van der Waals surface area contributed by atoms with Crippen LogP contribution in [0.25, 0.3) is 5.76 Å². The SMILES string of the molecule is C[C@@H]1Cc2cc(C(O)=C3C(=O)C(=O)N(Cc4ccccc4)[C@H]3c3ccc(Cl)cc3)ccc2O1. The molecular weight excluding hydrogens is 438 g/mol. The van der Waals surface area contributed by atoms with Gasteiger partial charge in [-0.3, -0.25) is 9.59 Å². The Balaban J connectivity index is 1.62. The fourth-order valence-electron chi connectivity index (χ4n) is 4.54. The number of likely N-dealkylation sites (tertiary alicyclic amines) is 1. The number of ketones is 1. The average Bonchev–Trinajstić information content (AvgIpc) is 3.31. The molecule has 2 aliphatic heterocycles. The fourth-order valence-corrected chi connectivity index (χ4v) is 4.67. The first kappa shape index (κ1) is 21.3. The van der Waals surface area contributed by atoms with Gasteiger partial charge in [0.15, 0.2) is 0 Å². The van der Waals surface area contributed by atoms with Crippen LogP contribution in [-0.2, 0) is 22.6 Å². The van der Waals surface area contributed by atoms with Crippen molar-refractivity contribution in [2.45, 2.75) is 32.0 Å². The zero-order chi connectivity index (χ0) is 23.1. The van der Waals surface area contributed by atoms with Crippen LogP contribution < -0.4 is 4.74 Å². The summed E-state index contributed by atoms with van der Waals surface area (Å²) in [4.78, 5) is 27.8. The number of carbonyl (C=O) groups excluding carboxylic acids is 2. The predicted octanol–water partition coefficient (Wildman–Crippen LogP) is 5.29. The highest BCUT2D eigenvalue weighted by molar-refractivity contribution is 6.46. The van der Waals surface area contributed by atoms with Crippen LogP contribution in [-0.4, -0.2) is 27.8 Å². The Morgan fingerprint density at radius 1 is 1.06 bits per heavy atom. The summed E-state index contributed by atoms with van der Waals surface area (Å²) in [5.74, 6) is -0.754. The quantitative estimate of drug-likeness (QED) is 0.327. The highest BCUT2D eigenvalue weighted by Crippen LogP contribution is 2.41. The summed E-state index contributed by atoms with van der Waals surface area (Å²) in [5.41, 5.74) is 3.12. The number of hydrogen-bond acceptors (Lipinski definition) is 4. The standard InChI is InChI=1S/C27H22ClNO4/c1-16-13-20-14-19(9-12-22(20)33-16)25(30)23-24(18-7-10-21(28)11-8-18)29(27(32)26(23)31)15-17-5-3-2-4-6-17/h2-12,14,16,24,30H,13,15H2,1H3/t16-,24+/m1/s1. The van der Waals surface area contributed by atoms with Gasteiger partial charge in [-0.2, -0.15) is 0 Å². The maximum Gasteiger partial charge on any atom is 0.295 e. The molecule has 0 unspecified atom stereocenters. The molecular formula is C27H22ClNO4. The summed E-state index contributed by atoms with van der Waals surface area (Å²) in [6.45, 7) is 2.22. The molecule has 0 aromatic heterocycles. The van der Waals surface area contributed by atoms with Crippen molar-refractivity contribution in [1.29, 1.82) is 0 Å². The summed E-state index contributed by atoms with van der Waals surface area (Å²) in [7, 11) is 0. The number of benzene rings is 3. The van der Waals surface area contributed by atoms with Crippen molar-refractivity contribution >= 4 is 29.1 Å². The Hall–Kier alpha value is -3.57. The van der Waals surface area contributed by atoms with Crippen LogP contribution in [0.3, 0.4) is 0 Å². The molecule has 33 heavy (non-hydrogen) atoms. The Kier molecular flexibility index (Phi) is 5.43. The number of hydrogen-bond donors (Lipinski definition) is 1. The number of Topliss-reactive ketones (excluding diaryl/α,β-unsaturated/α-hetero) is 1. The Labute approximate surface area is 196 Å². The number of ether oxygens (including phenoxy) is 1. The molecule has 5 rings (SSSR count). The van der Waals surface area contributed by atoms with E-state index in [1.165, 1.54) is 4.90 Å². The van der Waals surface area contributed by atoms with Crippen molar-refractivity contribution in [1.82, 2.24) is 4.90 Å². The van der Waals surface area contributed by atoms with Gasteiger partial charge in [-0.25, -0.2) is 0 Å². The summed E-state index contributed by atoms with van der Waals surface area (Å²) < 4.78 is 5.75. The maximum absolute atomic E-state index is 13.2. The molecule has 3 aromatic rings. The third-order valence-electron chi connectivity index (χ3n) is 6.09. The maximum atomic E-state index is 13.2. The molecule has 0 radical (unpaired) electrons. The number of aliphatic hydroxyl groups is 1. The molecule has 2 atom stereocenters. The number of aliphatic hydroxyl groups excluding tert-OH is 1. The van der Waals surface area contributed by atoms with Crippen molar-refractivity contribution in [3.63, 3.8) is 0 Å². The van der Waals surface area contributed by atoms with Crippen LogP contribution >= 0.6 is 11.6 Å². The molecule has 3 aromatic carbocycles. The lowest BCUT2D eigenvalue weighted by atomic mass is 9.94. The zero-order valence-corrected chi connectivity index (χ0v) is 18.8. The van der Waals surface area contributed by atoms with Crippen molar-refractivity contribution < 1.29 is 19.4 Å². The van der Waals surface area contributed by atoms with Crippen LogP contribution in [0, 0.1) is 0 Å². The summed E-state index contributed by atoms with van der Waals surface area (Å²) >= 11 is 6.08. The third-order valence-corrected chi connectivity index (χ3v) is 6.34. The average molecular weight is 460 g/mol. The highest BCUT2D eigenvalue weighted by Gasteiger charge is 2.46. The van der Waals surface area contributed by atoms with E-state index in [0.717, 1.165) is 23.3 Å². The molecule has 166 valence electrons. The number of fused-ring (bicyclic) bond motifs is 1. The first-order valence-electron chi connectivity index (χ1n) is 10.8. The van der Waals surface area contributed by atoms with Gasteiger partial charge in [-0.15, -0.1) is 0 Å². The second kappa shape index (κ2) is 8.41. The predicted molar refractivity (Wildman–Crippen MR) is 126 cm³/mol. The summed E-state index contributed by atoms with van der Waals surface area (Å²) in [5, 5.41) is 11.8. The van der Waals surface area contributed by atoms with E-state index in [0.29, 0.717) is 16.1 Å². The molecule has 1 saturated heterocycles. The van der Waals surface area contributed by atoms with Gasteiger partial charge >= 0.3 is 0 Å². The van der Waals surface area contributed by atoms with Crippen LogP contribution in [0.2, 0.25) is 5.02 Å². The first-order chi connectivity index (χ1) is 15.9. The summed E-state index contributed by atoms with van der Waals surface area (Å²) in [6, 6.07) is 21.1. The number of halogens is 1. The van der Waals surface area contributed by atoms with Crippen LogP contribution in [0.1, 0.15) is 35.2 Å². The lowest BCUT2D eigenvalue weighted by Crippen LogP contribution is -2.29. The van der Waals surface area contributed by atoms with E-state index in [9.17, 15) is 14.7 Å². The fraction of sp³-hybridized carbons (Fsp3) is 0.185. The lowest BCUT2D eigenvalue weighted by Gasteiger charge is -2.25. The normalized spacial score (nSPS) is 21.2. The number of carbonyl (C=O) groups is 2. The Morgan fingerprint density at radius 2 is 1.79 bits per heavy atom. The topological polar surface area (TPSA) is 66.8 Å². The minimum absolute atomic E-state index is 0.0583. The van der Waals surface area contributed by atoms with Crippen molar-refractivity contribution in [3.8, 4) is 5.75 Å². The van der Waals surface area contributed by atoms with Crippen LogP contribution in [0.4, 0.5) is 0 Å². The molecule has 1 fully saturated rings. The highest BCUT2D eigenvalue weighted by atomic mass is 35.5. The van der Waals surface area contributed by atoms with Gasteiger partial charge in [0.05, 0.1) is 11.6 Å². The van der Waals surface area contributed by atoms with E-state index >= 15 is 0 Å². The molecule has 0 spiro atoms.